The number of methoxy groups -OCH3 is 1. The van der Waals surface area contributed by atoms with Crippen LogP contribution in [0, 0.1) is 0 Å². The molecule has 2 N–H and O–H groups in total. The Labute approximate surface area is 105 Å². The van der Waals surface area contributed by atoms with Gasteiger partial charge in [0.2, 0.25) is 11.8 Å². The normalized spacial score (nSPS) is 22.7. The lowest BCUT2D eigenvalue weighted by Crippen LogP contribution is -2.42. The van der Waals surface area contributed by atoms with E-state index < -0.39 is 18.1 Å². The van der Waals surface area contributed by atoms with E-state index >= 15 is 0 Å². The minimum Gasteiger partial charge on any atom is -0.467 e. The molecule has 7 heteroatoms. The van der Waals surface area contributed by atoms with Gasteiger partial charge in [-0.25, -0.2) is 4.79 Å². The number of nitrogens with one attached hydrogen (secondary N) is 1. The van der Waals surface area contributed by atoms with Crippen molar-refractivity contribution >= 4 is 17.8 Å². The Bertz CT molecular complexity index is 344. The highest BCUT2D eigenvalue weighted by atomic mass is 16.5. The van der Waals surface area contributed by atoms with Crippen molar-refractivity contribution in [2.75, 3.05) is 20.2 Å². The first-order chi connectivity index (χ1) is 8.45. The molecule has 2 amide bonds. The number of rotatable bonds is 4. The molecule has 1 saturated heterocycles. The topological polar surface area (TPSA) is 95.9 Å². The fourth-order valence-electron chi connectivity index (χ4n) is 1.94. The molecule has 0 bridgehead atoms. The summed E-state index contributed by atoms with van der Waals surface area (Å²) in [6.07, 6.45) is -0.419. The number of hydrogen-bond acceptors (Lipinski definition) is 5. The molecule has 1 rings (SSSR count). The summed E-state index contributed by atoms with van der Waals surface area (Å²) < 4.78 is 4.59. The number of nitrogens with zero attached hydrogens (tertiary/aromatic N) is 1. The number of carbonyl (C=O) groups is 3. The van der Waals surface area contributed by atoms with Crippen LogP contribution in [-0.2, 0) is 19.1 Å². The summed E-state index contributed by atoms with van der Waals surface area (Å²) in [5, 5.41) is 12.0. The monoisotopic (exact) mass is 258 g/mol. The summed E-state index contributed by atoms with van der Waals surface area (Å²) >= 11 is 0. The summed E-state index contributed by atoms with van der Waals surface area (Å²) in [5.41, 5.74) is 0. The zero-order chi connectivity index (χ0) is 13.7. The van der Waals surface area contributed by atoms with E-state index in [1.54, 1.807) is 0 Å². The van der Waals surface area contributed by atoms with Crippen LogP contribution < -0.4 is 5.32 Å². The van der Waals surface area contributed by atoms with E-state index in [1.165, 1.54) is 18.9 Å². The van der Waals surface area contributed by atoms with Gasteiger partial charge in [0, 0.05) is 32.9 Å². The molecule has 7 nitrogen and oxygen atoms in total. The number of aliphatic hydroxyl groups excluding tert-OH is 1. The van der Waals surface area contributed by atoms with Crippen LogP contribution in [-0.4, -0.2) is 60.1 Å². The Hall–Kier alpha value is -1.63. The van der Waals surface area contributed by atoms with Crippen molar-refractivity contribution in [2.24, 2.45) is 0 Å². The summed E-state index contributed by atoms with van der Waals surface area (Å²) in [4.78, 5) is 35.3. The number of β-amino-alcohol motifs (C(OH)–C–C–N with tert-alkyl or cyclic N) is 1. The van der Waals surface area contributed by atoms with Crippen LogP contribution in [0.25, 0.3) is 0 Å². The average molecular weight is 258 g/mol. The Balaban J connectivity index is 2.54. The maximum atomic E-state index is 11.9. The van der Waals surface area contributed by atoms with Crippen molar-refractivity contribution in [1.82, 2.24) is 10.2 Å². The molecule has 18 heavy (non-hydrogen) atoms. The van der Waals surface area contributed by atoms with Gasteiger partial charge in [-0.1, -0.05) is 0 Å². The summed E-state index contributed by atoms with van der Waals surface area (Å²) in [6.45, 7) is 1.70. The third-order valence-electron chi connectivity index (χ3n) is 2.79. The second kappa shape index (κ2) is 6.34. The van der Waals surface area contributed by atoms with Gasteiger partial charge in [0.25, 0.3) is 0 Å². The van der Waals surface area contributed by atoms with Crippen LogP contribution in [0.3, 0.4) is 0 Å². The number of esters is 1. The first kappa shape index (κ1) is 14.4. The van der Waals surface area contributed by atoms with E-state index in [4.69, 9.17) is 0 Å². The second-order valence-corrected chi connectivity index (χ2v) is 4.21. The summed E-state index contributed by atoms with van der Waals surface area (Å²) in [6, 6.07) is -0.727. The van der Waals surface area contributed by atoms with Gasteiger partial charge in [-0.2, -0.15) is 0 Å². The van der Waals surface area contributed by atoms with Crippen LogP contribution in [0.5, 0.6) is 0 Å². The Morgan fingerprint density at radius 2 is 2.11 bits per heavy atom. The molecular formula is C11H18N2O5. The molecule has 1 aliphatic heterocycles. The van der Waals surface area contributed by atoms with Crippen molar-refractivity contribution < 1.29 is 24.2 Å². The molecule has 0 radical (unpaired) electrons. The minimum absolute atomic E-state index is 0.0970. The van der Waals surface area contributed by atoms with Gasteiger partial charge in [-0.15, -0.1) is 0 Å². The molecule has 0 aromatic heterocycles. The lowest BCUT2D eigenvalue weighted by molar-refractivity contribution is -0.151. The SMILES string of the molecule is COC(=O)C1CC(O)CN1C(=O)CCNC(C)=O. The van der Waals surface area contributed by atoms with Gasteiger partial charge in [0.05, 0.1) is 13.2 Å². The lowest BCUT2D eigenvalue weighted by Gasteiger charge is -2.22. The fourth-order valence-corrected chi connectivity index (χ4v) is 1.94. The molecular weight excluding hydrogens is 240 g/mol. The molecule has 2 atom stereocenters. The summed E-state index contributed by atoms with van der Waals surface area (Å²) in [7, 11) is 1.24. The van der Waals surface area contributed by atoms with Gasteiger partial charge in [-0.05, 0) is 0 Å². The molecule has 1 fully saturated rings. The van der Waals surface area contributed by atoms with Crippen LogP contribution >= 0.6 is 0 Å². The molecule has 0 aliphatic carbocycles. The van der Waals surface area contributed by atoms with E-state index in [-0.39, 0.29) is 37.7 Å². The standard InChI is InChI=1S/C11H18N2O5/c1-7(14)12-4-3-10(16)13-6-8(15)5-9(13)11(17)18-2/h8-9,15H,3-6H2,1-2H3,(H,12,14). The average Bonchev–Trinajstić information content (AvgIpc) is 2.69. The van der Waals surface area contributed by atoms with E-state index in [9.17, 15) is 19.5 Å². The highest BCUT2D eigenvalue weighted by molar-refractivity contribution is 5.85. The number of likely N-dealkylation sites (tertiary alicyclic amines) is 1. The minimum atomic E-state index is -0.727. The molecule has 0 spiro atoms. The van der Waals surface area contributed by atoms with Gasteiger partial charge < -0.3 is 20.1 Å². The van der Waals surface area contributed by atoms with Crippen molar-refractivity contribution in [3.63, 3.8) is 0 Å². The van der Waals surface area contributed by atoms with Gasteiger partial charge in [-0.3, -0.25) is 9.59 Å². The third kappa shape index (κ3) is 3.69. The zero-order valence-corrected chi connectivity index (χ0v) is 10.5. The molecule has 0 aromatic carbocycles. The van der Waals surface area contributed by atoms with E-state index in [2.05, 4.69) is 10.1 Å². The predicted octanol–water partition coefficient (Wildman–Crippen LogP) is -1.35. The van der Waals surface area contributed by atoms with Gasteiger partial charge in [0.15, 0.2) is 0 Å². The van der Waals surface area contributed by atoms with Gasteiger partial charge >= 0.3 is 5.97 Å². The molecule has 1 heterocycles. The van der Waals surface area contributed by atoms with Crippen LogP contribution in [0.1, 0.15) is 19.8 Å². The van der Waals surface area contributed by atoms with E-state index in [0.717, 1.165) is 0 Å². The highest BCUT2D eigenvalue weighted by Gasteiger charge is 2.39. The van der Waals surface area contributed by atoms with E-state index in [1.807, 2.05) is 0 Å². The Kier molecular flexibility index (Phi) is 5.08. The Morgan fingerprint density at radius 3 is 2.67 bits per heavy atom. The van der Waals surface area contributed by atoms with Crippen molar-refractivity contribution in [1.29, 1.82) is 0 Å². The first-order valence-corrected chi connectivity index (χ1v) is 5.75. The van der Waals surface area contributed by atoms with Crippen molar-refractivity contribution in [3.05, 3.63) is 0 Å². The smallest absolute Gasteiger partial charge is 0.328 e. The molecule has 1 aliphatic rings. The fraction of sp³-hybridized carbons (Fsp3) is 0.727. The van der Waals surface area contributed by atoms with Crippen LogP contribution in [0.2, 0.25) is 0 Å². The number of carbonyl (C=O) groups excluding carboxylic acids is 3. The largest absolute Gasteiger partial charge is 0.467 e. The zero-order valence-electron chi connectivity index (χ0n) is 10.5. The van der Waals surface area contributed by atoms with Gasteiger partial charge in [0.1, 0.15) is 6.04 Å². The predicted molar refractivity (Wildman–Crippen MR) is 61.4 cm³/mol. The van der Waals surface area contributed by atoms with Crippen LogP contribution in [0.15, 0.2) is 0 Å². The third-order valence-corrected chi connectivity index (χ3v) is 2.79. The number of aliphatic hydroxyl groups is 1. The molecule has 0 aromatic rings. The Morgan fingerprint density at radius 1 is 1.44 bits per heavy atom. The highest BCUT2D eigenvalue weighted by Crippen LogP contribution is 2.19. The maximum absolute atomic E-state index is 11.9. The van der Waals surface area contributed by atoms with Crippen molar-refractivity contribution in [2.45, 2.75) is 31.9 Å². The number of ether oxygens (including phenoxy) is 1. The molecule has 102 valence electrons. The number of amides is 2. The quantitative estimate of drug-likeness (QED) is 0.608. The maximum Gasteiger partial charge on any atom is 0.328 e. The number of hydrogen-bond donors (Lipinski definition) is 2. The molecule has 0 saturated carbocycles. The summed E-state index contributed by atoms with van der Waals surface area (Å²) in [5.74, 6) is -1.02. The first-order valence-electron chi connectivity index (χ1n) is 5.75. The molecule has 2 unspecified atom stereocenters. The van der Waals surface area contributed by atoms with Crippen molar-refractivity contribution in [3.8, 4) is 0 Å². The lowest BCUT2D eigenvalue weighted by atomic mass is 10.2. The van der Waals surface area contributed by atoms with Crippen LogP contribution in [0.4, 0.5) is 0 Å². The second-order valence-electron chi connectivity index (χ2n) is 4.21. The van der Waals surface area contributed by atoms with E-state index in [0.29, 0.717) is 0 Å².